The van der Waals surface area contributed by atoms with Gasteiger partial charge in [-0.2, -0.15) is 4.98 Å². The van der Waals surface area contributed by atoms with Crippen LogP contribution in [0.3, 0.4) is 0 Å². The van der Waals surface area contributed by atoms with E-state index in [0.29, 0.717) is 30.4 Å². The van der Waals surface area contributed by atoms with Gasteiger partial charge in [-0.25, -0.2) is 0 Å². The summed E-state index contributed by atoms with van der Waals surface area (Å²) in [6, 6.07) is 8.68. The molecule has 5 nitrogen and oxygen atoms in total. The normalized spacial score (nSPS) is 10.3. The van der Waals surface area contributed by atoms with E-state index >= 15 is 0 Å². The third kappa shape index (κ3) is 3.60. The standard InChI is InChI=1S/C15H18N2O3/c1-3-9-19-11-7-5-6-8-12(11)20-15-10-14(18)16-13(4-2)17-15/h5-8,10H,3-4,9H2,1-2H3,(H,16,17,18). The number of hydrogen-bond donors (Lipinski definition) is 1. The second-order valence-corrected chi connectivity index (χ2v) is 4.28. The molecule has 20 heavy (non-hydrogen) atoms. The SMILES string of the molecule is CCCOc1ccccc1Oc1cc(=O)[nH]c(CC)n1. The Balaban J connectivity index is 2.25. The van der Waals surface area contributed by atoms with E-state index in [0.717, 1.165) is 6.42 Å². The minimum absolute atomic E-state index is 0.223. The Bertz CT molecular complexity index is 623. The van der Waals surface area contributed by atoms with Gasteiger partial charge in [-0.05, 0) is 18.6 Å². The van der Waals surface area contributed by atoms with Crippen LogP contribution in [-0.4, -0.2) is 16.6 Å². The Morgan fingerprint density at radius 1 is 1.20 bits per heavy atom. The van der Waals surface area contributed by atoms with E-state index in [4.69, 9.17) is 9.47 Å². The molecule has 0 amide bonds. The number of ether oxygens (including phenoxy) is 2. The number of para-hydroxylation sites is 2. The van der Waals surface area contributed by atoms with Crippen LogP contribution in [-0.2, 0) is 6.42 Å². The van der Waals surface area contributed by atoms with Crippen LogP contribution < -0.4 is 15.0 Å². The van der Waals surface area contributed by atoms with Gasteiger partial charge in [-0.3, -0.25) is 4.79 Å². The Labute approximate surface area is 117 Å². The van der Waals surface area contributed by atoms with Crippen LogP contribution in [0.5, 0.6) is 17.4 Å². The number of rotatable bonds is 6. The molecule has 0 aliphatic carbocycles. The van der Waals surface area contributed by atoms with Gasteiger partial charge in [0.2, 0.25) is 5.88 Å². The lowest BCUT2D eigenvalue weighted by atomic mass is 10.3. The van der Waals surface area contributed by atoms with Gasteiger partial charge in [0.15, 0.2) is 11.5 Å². The molecule has 2 rings (SSSR count). The van der Waals surface area contributed by atoms with Crippen molar-refractivity contribution in [2.75, 3.05) is 6.61 Å². The van der Waals surface area contributed by atoms with Crippen molar-refractivity contribution in [1.29, 1.82) is 0 Å². The molecule has 0 aliphatic heterocycles. The molecular weight excluding hydrogens is 256 g/mol. The fourth-order valence-electron chi connectivity index (χ4n) is 1.68. The zero-order valence-corrected chi connectivity index (χ0v) is 11.7. The second-order valence-electron chi connectivity index (χ2n) is 4.28. The van der Waals surface area contributed by atoms with E-state index in [9.17, 15) is 4.79 Å². The Morgan fingerprint density at radius 3 is 2.65 bits per heavy atom. The molecule has 1 aromatic heterocycles. The molecule has 0 aliphatic rings. The van der Waals surface area contributed by atoms with Gasteiger partial charge in [-0.1, -0.05) is 26.0 Å². The van der Waals surface area contributed by atoms with Crippen molar-refractivity contribution in [3.05, 3.63) is 46.5 Å². The van der Waals surface area contributed by atoms with Crippen molar-refractivity contribution >= 4 is 0 Å². The van der Waals surface area contributed by atoms with E-state index in [1.165, 1.54) is 6.07 Å². The molecule has 5 heteroatoms. The van der Waals surface area contributed by atoms with E-state index in [-0.39, 0.29) is 11.4 Å². The summed E-state index contributed by atoms with van der Waals surface area (Å²) in [5.41, 5.74) is -0.223. The highest BCUT2D eigenvalue weighted by atomic mass is 16.5. The first-order valence-corrected chi connectivity index (χ1v) is 6.72. The van der Waals surface area contributed by atoms with Crippen LogP contribution >= 0.6 is 0 Å². The Morgan fingerprint density at radius 2 is 1.95 bits per heavy atom. The fourth-order valence-corrected chi connectivity index (χ4v) is 1.68. The maximum absolute atomic E-state index is 11.5. The molecule has 0 atom stereocenters. The zero-order valence-electron chi connectivity index (χ0n) is 11.7. The molecular formula is C15H18N2O3. The monoisotopic (exact) mass is 274 g/mol. The smallest absolute Gasteiger partial charge is 0.254 e. The maximum atomic E-state index is 11.5. The van der Waals surface area contributed by atoms with E-state index in [1.807, 2.05) is 32.0 Å². The summed E-state index contributed by atoms with van der Waals surface area (Å²) >= 11 is 0. The van der Waals surface area contributed by atoms with Crippen molar-refractivity contribution in [1.82, 2.24) is 9.97 Å². The number of hydrogen-bond acceptors (Lipinski definition) is 4. The quantitative estimate of drug-likeness (QED) is 0.879. The topological polar surface area (TPSA) is 64.2 Å². The summed E-state index contributed by atoms with van der Waals surface area (Å²) in [5, 5.41) is 0. The number of H-pyrrole nitrogens is 1. The Kier molecular flexibility index (Phi) is 4.76. The predicted molar refractivity (Wildman–Crippen MR) is 76.5 cm³/mol. The summed E-state index contributed by atoms with van der Waals surface area (Å²) in [6.07, 6.45) is 1.55. The van der Waals surface area contributed by atoms with Crippen molar-refractivity contribution < 1.29 is 9.47 Å². The first-order valence-electron chi connectivity index (χ1n) is 6.72. The average molecular weight is 274 g/mol. The van der Waals surface area contributed by atoms with Crippen LogP contribution in [0.1, 0.15) is 26.1 Å². The van der Waals surface area contributed by atoms with Gasteiger partial charge in [0, 0.05) is 6.42 Å². The average Bonchev–Trinajstić information content (AvgIpc) is 2.45. The van der Waals surface area contributed by atoms with Gasteiger partial charge in [-0.15, -0.1) is 0 Å². The molecule has 1 heterocycles. The number of aromatic nitrogens is 2. The van der Waals surface area contributed by atoms with Crippen LogP contribution in [0.15, 0.2) is 35.1 Å². The number of nitrogens with one attached hydrogen (secondary N) is 1. The van der Waals surface area contributed by atoms with Crippen molar-refractivity contribution in [2.45, 2.75) is 26.7 Å². The first kappa shape index (κ1) is 14.1. The second kappa shape index (κ2) is 6.75. The highest BCUT2D eigenvalue weighted by molar-refractivity contribution is 5.41. The van der Waals surface area contributed by atoms with Gasteiger partial charge in [0.25, 0.3) is 5.56 Å². The number of benzene rings is 1. The van der Waals surface area contributed by atoms with Crippen molar-refractivity contribution in [3.8, 4) is 17.4 Å². The van der Waals surface area contributed by atoms with E-state index in [1.54, 1.807) is 6.07 Å². The number of aryl methyl sites for hydroxylation is 1. The summed E-state index contributed by atoms with van der Waals surface area (Å²) in [7, 11) is 0. The van der Waals surface area contributed by atoms with Gasteiger partial charge >= 0.3 is 0 Å². The minimum Gasteiger partial charge on any atom is -0.490 e. The van der Waals surface area contributed by atoms with Gasteiger partial charge in [0.05, 0.1) is 12.7 Å². The third-order valence-corrected chi connectivity index (χ3v) is 2.63. The Hall–Kier alpha value is -2.30. The van der Waals surface area contributed by atoms with Crippen LogP contribution in [0, 0.1) is 0 Å². The highest BCUT2D eigenvalue weighted by Crippen LogP contribution is 2.30. The summed E-state index contributed by atoms with van der Waals surface area (Å²) in [4.78, 5) is 18.4. The van der Waals surface area contributed by atoms with Crippen LogP contribution in [0.25, 0.3) is 0 Å². The zero-order chi connectivity index (χ0) is 14.4. The first-order chi connectivity index (χ1) is 9.72. The van der Waals surface area contributed by atoms with Crippen molar-refractivity contribution in [2.24, 2.45) is 0 Å². The molecule has 106 valence electrons. The van der Waals surface area contributed by atoms with E-state index < -0.39 is 0 Å². The molecule has 1 N–H and O–H groups in total. The van der Waals surface area contributed by atoms with Gasteiger partial charge < -0.3 is 14.5 Å². The van der Waals surface area contributed by atoms with Gasteiger partial charge in [0.1, 0.15) is 5.82 Å². The molecule has 0 radical (unpaired) electrons. The van der Waals surface area contributed by atoms with Crippen LogP contribution in [0.2, 0.25) is 0 Å². The molecule has 0 fully saturated rings. The number of aromatic amines is 1. The largest absolute Gasteiger partial charge is 0.490 e. The summed E-state index contributed by atoms with van der Waals surface area (Å²) in [5.74, 6) is 2.08. The molecule has 0 saturated carbocycles. The molecule has 0 unspecified atom stereocenters. The predicted octanol–water partition coefficient (Wildman–Crippen LogP) is 2.91. The summed E-state index contributed by atoms with van der Waals surface area (Å²) in [6.45, 7) is 4.57. The number of nitrogens with zero attached hydrogens (tertiary/aromatic N) is 1. The van der Waals surface area contributed by atoms with Crippen LogP contribution in [0.4, 0.5) is 0 Å². The fraction of sp³-hybridized carbons (Fsp3) is 0.333. The molecule has 0 saturated heterocycles. The molecule has 0 bridgehead atoms. The summed E-state index contributed by atoms with van der Waals surface area (Å²) < 4.78 is 11.3. The van der Waals surface area contributed by atoms with Crippen molar-refractivity contribution in [3.63, 3.8) is 0 Å². The molecule has 0 spiro atoms. The molecule has 2 aromatic rings. The minimum atomic E-state index is -0.223. The lowest BCUT2D eigenvalue weighted by molar-refractivity contribution is 0.300. The lowest BCUT2D eigenvalue weighted by Gasteiger charge is -2.11. The third-order valence-electron chi connectivity index (χ3n) is 2.63. The molecule has 1 aromatic carbocycles. The maximum Gasteiger partial charge on any atom is 0.254 e. The lowest BCUT2D eigenvalue weighted by Crippen LogP contribution is -2.10. The highest BCUT2D eigenvalue weighted by Gasteiger charge is 2.07. The van der Waals surface area contributed by atoms with E-state index in [2.05, 4.69) is 9.97 Å².